The van der Waals surface area contributed by atoms with Crippen molar-refractivity contribution in [2.24, 2.45) is 0 Å². The van der Waals surface area contributed by atoms with Gasteiger partial charge in [-0.1, -0.05) is 50.2 Å². The molecule has 0 heterocycles. The van der Waals surface area contributed by atoms with Crippen LogP contribution in [0.5, 0.6) is 0 Å². The summed E-state index contributed by atoms with van der Waals surface area (Å²) < 4.78 is 29.9. The second-order valence-electron chi connectivity index (χ2n) is 6.22. The summed E-state index contributed by atoms with van der Waals surface area (Å²) in [5.74, 6) is -0.117. The molecule has 6 heteroatoms. The molecule has 0 fully saturated rings. The van der Waals surface area contributed by atoms with Gasteiger partial charge in [0.15, 0.2) is 0 Å². The molecule has 0 atom stereocenters. The van der Waals surface area contributed by atoms with Gasteiger partial charge < -0.3 is 4.74 Å². The maximum atomic E-state index is 12.4. The predicted octanol–water partition coefficient (Wildman–Crippen LogP) is 3.56. The van der Waals surface area contributed by atoms with Crippen LogP contribution >= 0.6 is 0 Å². The van der Waals surface area contributed by atoms with Gasteiger partial charge in [-0.3, -0.25) is 4.31 Å². The zero-order valence-electron chi connectivity index (χ0n) is 14.9. The summed E-state index contributed by atoms with van der Waals surface area (Å²) in [4.78, 5) is 12.4. The molecule has 0 aliphatic carbocycles. The third-order valence-electron chi connectivity index (χ3n) is 3.98. The van der Waals surface area contributed by atoms with Gasteiger partial charge >= 0.3 is 5.97 Å². The number of ether oxygens (including phenoxy) is 1. The number of hydrogen-bond donors (Lipinski definition) is 0. The first-order valence-electron chi connectivity index (χ1n) is 7.99. The van der Waals surface area contributed by atoms with E-state index in [2.05, 4.69) is 13.8 Å². The second kappa shape index (κ2) is 7.70. The van der Waals surface area contributed by atoms with E-state index < -0.39 is 16.0 Å². The van der Waals surface area contributed by atoms with E-state index in [1.807, 2.05) is 24.3 Å². The molecule has 0 aliphatic heterocycles. The lowest BCUT2D eigenvalue weighted by Crippen LogP contribution is -2.26. The van der Waals surface area contributed by atoms with Crippen molar-refractivity contribution < 1.29 is 17.9 Å². The Kier molecular flexibility index (Phi) is 5.85. The average Bonchev–Trinajstić information content (AvgIpc) is 2.58. The van der Waals surface area contributed by atoms with Crippen molar-refractivity contribution in [3.63, 3.8) is 0 Å². The maximum absolute atomic E-state index is 12.4. The first-order chi connectivity index (χ1) is 11.7. The summed E-state index contributed by atoms with van der Waals surface area (Å²) in [6, 6.07) is 14.4. The number of anilines is 1. The van der Waals surface area contributed by atoms with Gasteiger partial charge in [-0.25, -0.2) is 13.2 Å². The molecule has 0 bridgehead atoms. The number of benzene rings is 2. The molecule has 0 unspecified atom stereocenters. The maximum Gasteiger partial charge on any atom is 0.340 e. The fraction of sp³-hybridized carbons (Fsp3) is 0.316. The van der Waals surface area contributed by atoms with Crippen molar-refractivity contribution in [3.8, 4) is 0 Å². The average molecular weight is 361 g/mol. The lowest BCUT2D eigenvalue weighted by molar-refractivity contribution is 0.0473. The summed E-state index contributed by atoms with van der Waals surface area (Å²) in [6.45, 7) is 4.36. The number of rotatable bonds is 6. The van der Waals surface area contributed by atoms with E-state index >= 15 is 0 Å². The number of para-hydroxylation sites is 1. The largest absolute Gasteiger partial charge is 0.457 e. The van der Waals surface area contributed by atoms with Crippen LogP contribution in [0.3, 0.4) is 0 Å². The summed E-state index contributed by atoms with van der Waals surface area (Å²) in [6.07, 6.45) is 1.09. The fourth-order valence-electron chi connectivity index (χ4n) is 2.32. The number of sulfonamides is 1. The molecule has 2 aromatic rings. The van der Waals surface area contributed by atoms with Crippen LogP contribution in [-0.2, 0) is 21.4 Å². The van der Waals surface area contributed by atoms with Crippen LogP contribution < -0.4 is 4.31 Å². The van der Waals surface area contributed by atoms with Crippen LogP contribution in [0.25, 0.3) is 0 Å². The van der Waals surface area contributed by atoms with Crippen LogP contribution in [0.1, 0.15) is 41.3 Å². The molecule has 0 N–H and O–H groups in total. The molecular weight excluding hydrogens is 338 g/mol. The van der Waals surface area contributed by atoms with E-state index in [4.69, 9.17) is 4.74 Å². The smallest absolute Gasteiger partial charge is 0.340 e. The Bertz CT molecular complexity index is 842. The zero-order valence-corrected chi connectivity index (χ0v) is 15.7. The van der Waals surface area contributed by atoms with Crippen LogP contribution in [0.15, 0.2) is 48.5 Å². The van der Waals surface area contributed by atoms with Crippen molar-refractivity contribution in [2.75, 3.05) is 17.6 Å². The quantitative estimate of drug-likeness (QED) is 0.738. The van der Waals surface area contributed by atoms with Gasteiger partial charge in [0, 0.05) is 7.05 Å². The van der Waals surface area contributed by atoms with Crippen molar-refractivity contribution in [3.05, 3.63) is 65.2 Å². The number of carbonyl (C=O) groups excluding carboxylic acids is 1. The lowest BCUT2D eigenvalue weighted by Gasteiger charge is -2.19. The predicted molar refractivity (Wildman–Crippen MR) is 99.3 cm³/mol. The molecule has 0 aliphatic rings. The fourth-order valence-corrected chi connectivity index (χ4v) is 2.84. The number of carbonyl (C=O) groups is 1. The molecule has 0 saturated heterocycles. The van der Waals surface area contributed by atoms with E-state index in [1.165, 1.54) is 12.6 Å². The minimum absolute atomic E-state index is 0.133. The van der Waals surface area contributed by atoms with Crippen LogP contribution in [0.4, 0.5) is 5.69 Å². The van der Waals surface area contributed by atoms with E-state index in [0.29, 0.717) is 11.6 Å². The molecule has 5 nitrogen and oxygen atoms in total. The minimum atomic E-state index is -3.47. The van der Waals surface area contributed by atoms with E-state index in [-0.39, 0.29) is 12.2 Å². The number of hydrogen-bond acceptors (Lipinski definition) is 4. The summed E-state index contributed by atoms with van der Waals surface area (Å²) >= 11 is 0. The van der Waals surface area contributed by atoms with Gasteiger partial charge in [0.1, 0.15) is 6.61 Å². The molecule has 134 valence electrons. The third kappa shape index (κ3) is 4.82. The Morgan fingerprint density at radius 2 is 1.68 bits per heavy atom. The Morgan fingerprint density at radius 1 is 1.08 bits per heavy atom. The topological polar surface area (TPSA) is 63.7 Å². The highest BCUT2D eigenvalue weighted by Gasteiger charge is 2.20. The molecule has 0 spiro atoms. The Balaban J connectivity index is 2.14. The zero-order chi connectivity index (χ0) is 18.6. The van der Waals surface area contributed by atoms with E-state index in [0.717, 1.165) is 16.1 Å². The molecule has 2 aromatic carbocycles. The molecule has 0 radical (unpaired) electrons. The Morgan fingerprint density at radius 3 is 2.24 bits per heavy atom. The molecule has 0 aromatic heterocycles. The van der Waals surface area contributed by atoms with Gasteiger partial charge in [0.25, 0.3) is 0 Å². The summed E-state index contributed by atoms with van der Waals surface area (Å²) in [5, 5.41) is 0. The highest BCUT2D eigenvalue weighted by Crippen LogP contribution is 2.23. The number of nitrogens with zero attached hydrogens (tertiary/aromatic N) is 1. The molecule has 0 saturated carbocycles. The van der Waals surface area contributed by atoms with Crippen LogP contribution in [0.2, 0.25) is 0 Å². The molecule has 2 rings (SSSR count). The lowest BCUT2D eigenvalue weighted by atomic mass is 10.0. The monoisotopic (exact) mass is 361 g/mol. The first-order valence-corrected chi connectivity index (χ1v) is 9.84. The van der Waals surface area contributed by atoms with Crippen molar-refractivity contribution in [1.82, 2.24) is 0 Å². The SMILES string of the molecule is CC(C)c1ccc(COC(=O)c2ccccc2N(C)S(C)(=O)=O)cc1. The van der Waals surface area contributed by atoms with Crippen LogP contribution in [-0.4, -0.2) is 27.7 Å². The van der Waals surface area contributed by atoms with Gasteiger partial charge in [0.05, 0.1) is 17.5 Å². The van der Waals surface area contributed by atoms with Gasteiger partial charge in [-0.2, -0.15) is 0 Å². The summed E-state index contributed by atoms with van der Waals surface area (Å²) in [5.41, 5.74) is 2.61. The molecular formula is C19H23NO4S. The second-order valence-corrected chi connectivity index (χ2v) is 8.23. The van der Waals surface area contributed by atoms with Gasteiger partial charge in [-0.15, -0.1) is 0 Å². The highest BCUT2D eigenvalue weighted by atomic mass is 32.2. The molecule has 0 amide bonds. The first kappa shape index (κ1) is 19.0. The van der Waals surface area contributed by atoms with Gasteiger partial charge in [-0.05, 0) is 29.2 Å². The Labute approximate surface area is 149 Å². The van der Waals surface area contributed by atoms with E-state index in [9.17, 15) is 13.2 Å². The molecule has 25 heavy (non-hydrogen) atoms. The summed E-state index contributed by atoms with van der Waals surface area (Å²) in [7, 11) is -2.06. The highest BCUT2D eigenvalue weighted by molar-refractivity contribution is 7.92. The normalized spacial score (nSPS) is 11.4. The van der Waals surface area contributed by atoms with Gasteiger partial charge in [0.2, 0.25) is 10.0 Å². The van der Waals surface area contributed by atoms with Crippen molar-refractivity contribution in [2.45, 2.75) is 26.4 Å². The standard InChI is InChI=1S/C19H23NO4S/c1-14(2)16-11-9-15(10-12-16)13-24-19(21)17-7-5-6-8-18(17)20(3)25(4,22)23/h5-12,14H,13H2,1-4H3. The Hall–Kier alpha value is -2.34. The minimum Gasteiger partial charge on any atom is -0.457 e. The van der Waals surface area contributed by atoms with Crippen molar-refractivity contribution in [1.29, 1.82) is 0 Å². The van der Waals surface area contributed by atoms with Crippen LogP contribution in [0, 0.1) is 0 Å². The van der Waals surface area contributed by atoms with Crippen molar-refractivity contribution >= 4 is 21.7 Å². The number of esters is 1. The van der Waals surface area contributed by atoms with E-state index in [1.54, 1.807) is 24.3 Å². The third-order valence-corrected chi connectivity index (χ3v) is 5.17.